The minimum absolute atomic E-state index is 0.110. The van der Waals surface area contributed by atoms with E-state index in [9.17, 15) is 9.59 Å². The average molecular weight is 383 g/mol. The third kappa shape index (κ3) is 1.70. The number of rotatable bonds is 1. The molecule has 1 aromatic rings. The molecule has 0 radical (unpaired) electrons. The molecule has 1 unspecified atom stereocenters. The summed E-state index contributed by atoms with van der Waals surface area (Å²) in [6, 6.07) is 5.98. The van der Waals surface area contributed by atoms with Crippen LogP contribution in [0.5, 0.6) is 0 Å². The monoisotopic (exact) mass is 382 g/mol. The van der Waals surface area contributed by atoms with Gasteiger partial charge in [-0.2, -0.15) is 0 Å². The third-order valence-corrected chi connectivity index (χ3v) is 6.49. The van der Waals surface area contributed by atoms with Gasteiger partial charge in [-0.05, 0) is 24.6 Å². The highest BCUT2D eigenvalue weighted by Gasteiger charge is 2.66. The molecule has 3 aliphatic rings. The Balaban J connectivity index is 1.94. The summed E-state index contributed by atoms with van der Waals surface area (Å²) in [7, 11) is 1.39. The van der Waals surface area contributed by atoms with Crippen molar-refractivity contribution in [2.24, 2.45) is 5.92 Å². The van der Waals surface area contributed by atoms with Crippen molar-refractivity contribution in [3.8, 4) is 0 Å². The van der Waals surface area contributed by atoms with E-state index in [1.54, 1.807) is 0 Å². The predicted octanol–water partition coefficient (Wildman–Crippen LogP) is 2.16. The molecule has 22 heavy (non-hydrogen) atoms. The maximum atomic E-state index is 13.0. The van der Waals surface area contributed by atoms with E-state index in [0.29, 0.717) is 6.42 Å². The van der Waals surface area contributed by atoms with Crippen molar-refractivity contribution in [2.75, 3.05) is 24.1 Å². The maximum absolute atomic E-state index is 13.0. The van der Waals surface area contributed by atoms with Gasteiger partial charge in [-0.3, -0.25) is 14.5 Å². The number of ether oxygens (including phenoxy) is 1. The van der Waals surface area contributed by atoms with Crippen molar-refractivity contribution >= 4 is 45.3 Å². The fourth-order valence-electron chi connectivity index (χ4n) is 4.03. The molecule has 1 N–H and O–H groups in total. The molecule has 0 saturated carbocycles. The van der Waals surface area contributed by atoms with E-state index in [1.807, 2.05) is 30.0 Å². The van der Waals surface area contributed by atoms with E-state index in [0.717, 1.165) is 27.4 Å². The van der Waals surface area contributed by atoms with Gasteiger partial charge in [-0.25, -0.2) is 0 Å². The van der Waals surface area contributed by atoms with E-state index in [2.05, 4.69) is 26.1 Å². The molecule has 1 spiro atoms. The molecule has 3 atom stereocenters. The smallest absolute Gasteiger partial charge is 0.311 e. The Morgan fingerprint density at radius 2 is 2.36 bits per heavy atom. The standard InChI is InChI=1S/C15H15BrN2O3S/c1-21-13(19)11-5-9-6-22-7-18(9)15(11)10-4-8(16)2-3-12(10)17-14(15)20/h2-4,9,11H,5-7H2,1H3,(H,17,20)/t9-,11?,15+/m0/s1. The quantitative estimate of drug-likeness (QED) is 0.754. The number of hydrogen-bond donors (Lipinski definition) is 1. The SMILES string of the molecule is COC(=O)C1C[C@H]2CSCN2[C@@]12C(=O)Nc1ccc(Br)cc12. The molecule has 3 aliphatic heterocycles. The van der Waals surface area contributed by atoms with Crippen LogP contribution >= 0.6 is 27.7 Å². The van der Waals surface area contributed by atoms with Crippen molar-refractivity contribution in [3.63, 3.8) is 0 Å². The minimum atomic E-state index is -0.930. The first-order valence-electron chi connectivity index (χ1n) is 7.13. The van der Waals surface area contributed by atoms with Gasteiger partial charge < -0.3 is 10.1 Å². The van der Waals surface area contributed by atoms with Gasteiger partial charge in [-0.15, -0.1) is 11.8 Å². The highest BCUT2D eigenvalue weighted by Crippen LogP contribution is 2.56. The van der Waals surface area contributed by atoms with Crippen LogP contribution < -0.4 is 5.32 Å². The number of amides is 1. The van der Waals surface area contributed by atoms with E-state index >= 15 is 0 Å². The summed E-state index contributed by atoms with van der Waals surface area (Å²) in [6.07, 6.45) is 0.666. The summed E-state index contributed by atoms with van der Waals surface area (Å²) < 4.78 is 5.92. The van der Waals surface area contributed by atoms with Crippen LogP contribution in [0.3, 0.4) is 0 Å². The number of nitrogens with zero attached hydrogens (tertiary/aromatic N) is 1. The Labute approximate surface area is 140 Å². The van der Waals surface area contributed by atoms with Gasteiger partial charge in [0.2, 0.25) is 0 Å². The molecule has 3 heterocycles. The molecule has 0 aromatic heterocycles. The first-order valence-corrected chi connectivity index (χ1v) is 9.07. The number of nitrogens with one attached hydrogen (secondary N) is 1. The van der Waals surface area contributed by atoms with Gasteiger partial charge in [0.1, 0.15) is 5.54 Å². The van der Waals surface area contributed by atoms with Crippen LogP contribution in [-0.4, -0.2) is 41.6 Å². The van der Waals surface area contributed by atoms with Crippen LogP contribution in [0.25, 0.3) is 0 Å². The molecular weight excluding hydrogens is 368 g/mol. The molecule has 2 fully saturated rings. The zero-order valence-electron chi connectivity index (χ0n) is 12.0. The van der Waals surface area contributed by atoms with Crippen molar-refractivity contribution in [1.29, 1.82) is 0 Å². The zero-order chi connectivity index (χ0) is 15.5. The van der Waals surface area contributed by atoms with Gasteiger partial charge in [-0.1, -0.05) is 15.9 Å². The van der Waals surface area contributed by atoms with Gasteiger partial charge in [0.15, 0.2) is 0 Å². The van der Waals surface area contributed by atoms with Gasteiger partial charge >= 0.3 is 5.97 Å². The van der Waals surface area contributed by atoms with Crippen LogP contribution in [-0.2, 0) is 19.9 Å². The van der Waals surface area contributed by atoms with E-state index in [-0.39, 0.29) is 17.9 Å². The molecular formula is C15H15BrN2O3S. The van der Waals surface area contributed by atoms with E-state index < -0.39 is 11.5 Å². The van der Waals surface area contributed by atoms with Crippen molar-refractivity contribution in [1.82, 2.24) is 4.90 Å². The Morgan fingerprint density at radius 1 is 1.55 bits per heavy atom. The molecule has 7 heteroatoms. The summed E-state index contributed by atoms with van der Waals surface area (Å²) in [5.41, 5.74) is 0.743. The number of halogens is 1. The lowest BCUT2D eigenvalue weighted by atomic mass is 9.79. The highest BCUT2D eigenvalue weighted by atomic mass is 79.9. The van der Waals surface area contributed by atoms with Gasteiger partial charge in [0, 0.05) is 33.4 Å². The lowest BCUT2D eigenvalue weighted by molar-refractivity contribution is -0.152. The third-order valence-electron chi connectivity index (χ3n) is 4.92. The number of hydrogen-bond acceptors (Lipinski definition) is 5. The lowest BCUT2D eigenvalue weighted by Gasteiger charge is -2.35. The van der Waals surface area contributed by atoms with Crippen LogP contribution in [0.1, 0.15) is 12.0 Å². The first-order chi connectivity index (χ1) is 10.6. The number of benzene rings is 1. The molecule has 1 aromatic carbocycles. The number of esters is 1. The van der Waals surface area contributed by atoms with Crippen molar-refractivity contribution < 1.29 is 14.3 Å². The average Bonchev–Trinajstić information content (AvgIpc) is 3.14. The highest BCUT2D eigenvalue weighted by molar-refractivity contribution is 9.10. The zero-order valence-corrected chi connectivity index (χ0v) is 14.4. The van der Waals surface area contributed by atoms with Gasteiger partial charge in [0.25, 0.3) is 5.91 Å². The Kier molecular flexibility index (Phi) is 3.29. The molecule has 4 rings (SSSR count). The van der Waals surface area contributed by atoms with Crippen molar-refractivity contribution in [3.05, 3.63) is 28.2 Å². The molecule has 116 valence electrons. The fraction of sp³-hybridized carbons (Fsp3) is 0.467. The Hall–Kier alpha value is -1.05. The van der Waals surface area contributed by atoms with Crippen LogP contribution in [0, 0.1) is 5.92 Å². The number of thioether (sulfide) groups is 1. The summed E-state index contributed by atoms with van der Waals surface area (Å²) in [5, 5.41) is 2.96. The largest absolute Gasteiger partial charge is 0.469 e. The normalized spacial score (nSPS) is 32.9. The minimum Gasteiger partial charge on any atom is -0.469 e. The second-order valence-electron chi connectivity index (χ2n) is 5.85. The van der Waals surface area contributed by atoms with Crippen LogP contribution in [0.4, 0.5) is 5.69 Å². The van der Waals surface area contributed by atoms with Gasteiger partial charge in [0.05, 0.1) is 13.0 Å². The summed E-state index contributed by atoms with van der Waals surface area (Å²) in [5.74, 6) is 0.839. The lowest BCUT2D eigenvalue weighted by Crippen LogP contribution is -2.52. The van der Waals surface area contributed by atoms with Crippen LogP contribution in [0.15, 0.2) is 22.7 Å². The Bertz CT molecular complexity index is 683. The first kappa shape index (κ1) is 14.5. The summed E-state index contributed by atoms with van der Waals surface area (Å²) >= 11 is 5.29. The number of fused-ring (bicyclic) bond motifs is 4. The van der Waals surface area contributed by atoms with E-state index in [4.69, 9.17) is 4.74 Å². The predicted molar refractivity (Wildman–Crippen MR) is 87.5 cm³/mol. The Morgan fingerprint density at radius 3 is 3.14 bits per heavy atom. The molecule has 5 nitrogen and oxygen atoms in total. The number of anilines is 1. The molecule has 1 amide bonds. The van der Waals surface area contributed by atoms with E-state index in [1.165, 1.54) is 7.11 Å². The number of methoxy groups -OCH3 is 1. The number of carbonyl (C=O) groups is 2. The number of carbonyl (C=O) groups excluding carboxylic acids is 2. The maximum Gasteiger partial charge on any atom is 0.311 e. The second-order valence-corrected chi connectivity index (χ2v) is 7.76. The fourth-order valence-corrected chi connectivity index (χ4v) is 5.70. The summed E-state index contributed by atoms with van der Waals surface area (Å²) in [6.45, 7) is 0. The summed E-state index contributed by atoms with van der Waals surface area (Å²) in [4.78, 5) is 27.5. The van der Waals surface area contributed by atoms with Crippen molar-refractivity contribution in [2.45, 2.75) is 18.0 Å². The second kappa shape index (κ2) is 4.97. The molecule has 0 bridgehead atoms. The topological polar surface area (TPSA) is 58.6 Å². The molecule has 0 aliphatic carbocycles. The van der Waals surface area contributed by atoms with Crippen LogP contribution in [0.2, 0.25) is 0 Å². The molecule has 2 saturated heterocycles.